The standard InChI is InChI=1S/C13H21N3O/c1-3-13(6-4-5-7-13)12(17)14-8-11-9-15-16-10(11)2/h9H,3-8H2,1-2H3,(H,14,17)(H,15,16). The lowest BCUT2D eigenvalue weighted by Crippen LogP contribution is -2.38. The van der Waals surface area contributed by atoms with Crippen molar-refractivity contribution >= 4 is 5.91 Å². The smallest absolute Gasteiger partial charge is 0.226 e. The van der Waals surface area contributed by atoms with Crippen molar-refractivity contribution in [3.63, 3.8) is 0 Å². The highest BCUT2D eigenvalue weighted by atomic mass is 16.2. The van der Waals surface area contributed by atoms with E-state index in [9.17, 15) is 4.79 Å². The summed E-state index contributed by atoms with van der Waals surface area (Å²) in [5, 5.41) is 9.90. The van der Waals surface area contributed by atoms with E-state index in [4.69, 9.17) is 0 Å². The highest BCUT2D eigenvalue weighted by Crippen LogP contribution is 2.41. The number of carbonyl (C=O) groups excluding carboxylic acids is 1. The van der Waals surface area contributed by atoms with Gasteiger partial charge in [0.1, 0.15) is 0 Å². The summed E-state index contributed by atoms with van der Waals surface area (Å²) in [5.74, 6) is 0.220. The summed E-state index contributed by atoms with van der Waals surface area (Å²) >= 11 is 0. The van der Waals surface area contributed by atoms with Crippen LogP contribution in [0.4, 0.5) is 0 Å². The van der Waals surface area contributed by atoms with E-state index in [1.54, 1.807) is 6.20 Å². The van der Waals surface area contributed by atoms with E-state index in [2.05, 4.69) is 22.4 Å². The van der Waals surface area contributed by atoms with Gasteiger partial charge in [-0.25, -0.2) is 0 Å². The van der Waals surface area contributed by atoms with Gasteiger partial charge in [0.05, 0.1) is 6.20 Å². The van der Waals surface area contributed by atoms with Crippen LogP contribution in [0.1, 0.15) is 50.3 Å². The Morgan fingerprint density at radius 2 is 2.24 bits per heavy atom. The Bertz CT molecular complexity index is 391. The monoisotopic (exact) mass is 235 g/mol. The fourth-order valence-electron chi connectivity index (χ4n) is 2.71. The Balaban J connectivity index is 1.95. The SMILES string of the molecule is CCC1(C(=O)NCc2cn[nH]c2C)CCCC1. The van der Waals surface area contributed by atoms with Crippen LogP contribution < -0.4 is 5.32 Å². The molecule has 4 heteroatoms. The second-order valence-corrected chi connectivity index (χ2v) is 5.04. The number of amides is 1. The maximum atomic E-state index is 12.3. The second-order valence-electron chi connectivity index (χ2n) is 5.04. The first-order valence-electron chi connectivity index (χ1n) is 6.45. The second kappa shape index (κ2) is 4.90. The number of aromatic amines is 1. The summed E-state index contributed by atoms with van der Waals surface area (Å²) in [6, 6.07) is 0. The number of aryl methyl sites for hydroxylation is 1. The number of H-pyrrole nitrogens is 1. The summed E-state index contributed by atoms with van der Waals surface area (Å²) in [5.41, 5.74) is 2.00. The van der Waals surface area contributed by atoms with Crippen LogP contribution in [0.15, 0.2) is 6.20 Å². The zero-order valence-electron chi connectivity index (χ0n) is 10.7. The van der Waals surface area contributed by atoms with Crippen molar-refractivity contribution in [1.29, 1.82) is 0 Å². The number of nitrogens with zero attached hydrogens (tertiary/aromatic N) is 1. The maximum absolute atomic E-state index is 12.3. The largest absolute Gasteiger partial charge is 0.351 e. The van der Waals surface area contributed by atoms with Crippen molar-refractivity contribution in [1.82, 2.24) is 15.5 Å². The van der Waals surface area contributed by atoms with Gasteiger partial charge in [-0.2, -0.15) is 5.10 Å². The zero-order valence-corrected chi connectivity index (χ0v) is 10.7. The first-order chi connectivity index (χ1) is 8.18. The van der Waals surface area contributed by atoms with Crippen LogP contribution in [0.25, 0.3) is 0 Å². The number of nitrogens with one attached hydrogen (secondary N) is 2. The molecule has 1 heterocycles. The predicted molar refractivity (Wildman–Crippen MR) is 66.4 cm³/mol. The fourth-order valence-corrected chi connectivity index (χ4v) is 2.71. The summed E-state index contributed by atoms with van der Waals surface area (Å²) in [7, 11) is 0. The average Bonchev–Trinajstić information content (AvgIpc) is 2.95. The van der Waals surface area contributed by atoms with Crippen molar-refractivity contribution in [2.24, 2.45) is 5.41 Å². The van der Waals surface area contributed by atoms with Gasteiger partial charge < -0.3 is 5.32 Å². The average molecular weight is 235 g/mol. The third-order valence-corrected chi connectivity index (χ3v) is 4.09. The van der Waals surface area contributed by atoms with Crippen LogP contribution in [0.5, 0.6) is 0 Å². The number of hydrogen-bond donors (Lipinski definition) is 2. The lowest BCUT2D eigenvalue weighted by atomic mass is 9.82. The van der Waals surface area contributed by atoms with E-state index in [-0.39, 0.29) is 11.3 Å². The zero-order chi connectivity index (χ0) is 12.3. The van der Waals surface area contributed by atoms with Gasteiger partial charge in [-0.05, 0) is 26.2 Å². The molecule has 1 amide bonds. The molecule has 2 rings (SSSR count). The van der Waals surface area contributed by atoms with Gasteiger partial charge in [0.2, 0.25) is 5.91 Å². The predicted octanol–water partition coefficient (Wildman–Crippen LogP) is 2.30. The summed E-state index contributed by atoms with van der Waals surface area (Å²) in [6.07, 6.45) is 7.18. The lowest BCUT2D eigenvalue weighted by molar-refractivity contribution is -0.131. The van der Waals surface area contributed by atoms with Crippen molar-refractivity contribution < 1.29 is 4.79 Å². The Kier molecular flexibility index (Phi) is 3.50. The van der Waals surface area contributed by atoms with Crippen LogP contribution in [0.3, 0.4) is 0 Å². The third kappa shape index (κ3) is 2.35. The summed E-state index contributed by atoms with van der Waals surface area (Å²) < 4.78 is 0. The van der Waals surface area contributed by atoms with Crippen LogP contribution in [0, 0.1) is 12.3 Å². The number of aromatic nitrogens is 2. The Morgan fingerprint density at radius 3 is 2.76 bits per heavy atom. The van der Waals surface area contributed by atoms with E-state index in [1.165, 1.54) is 12.8 Å². The van der Waals surface area contributed by atoms with Crippen molar-refractivity contribution in [2.75, 3.05) is 0 Å². The van der Waals surface area contributed by atoms with Crippen molar-refractivity contribution in [3.05, 3.63) is 17.5 Å². The van der Waals surface area contributed by atoms with Crippen LogP contribution in [0.2, 0.25) is 0 Å². The molecule has 0 atom stereocenters. The molecular formula is C13H21N3O. The normalized spacial score (nSPS) is 18.2. The van der Waals surface area contributed by atoms with E-state index in [0.29, 0.717) is 6.54 Å². The molecule has 0 bridgehead atoms. The molecule has 0 aliphatic heterocycles. The highest BCUT2D eigenvalue weighted by molar-refractivity contribution is 5.82. The molecule has 0 aromatic carbocycles. The Labute approximate surface area is 102 Å². The minimum atomic E-state index is -0.0996. The van der Waals surface area contributed by atoms with Gasteiger partial charge in [0, 0.05) is 23.2 Å². The topological polar surface area (TPSA) is 57.8 Å². The molecule has 4 nitrogen and oxygen atoms in total. The molecule has 1 aliphatic rings. The Morgan fingerprint density at radius 1 is 1.53 bits per heavy atom. The molecule has 1 fully saturated rings. The fraction of sp³-hybridized carbons (Fsp3) is 0.692. The molecule has 2 N–H and O–H groups in total. The van der Waals surface area contributed by atoms with Crippen LogP contribution in [-0.2, 0) is 11.3 Å². The van der Waals surface area contributed by atoms with Crippen molar-refractivity contribution in [2.45, 2.75) is 52.5 Å². The quantitative estimate of drug-likeness (QED) is 0.841. The number of carbonyl (C=O) groups is 1. The molecule has 94 valence electrons. The molecule has 1 aromatic rings. The van der Waals surface area contributed by atoms with Gasteiger partial charge in [-0.15, -0.1) is 0 Å². The van der Waals surface area contributed by atoms with Crippen LogP contribution in [-0.4, -0.2) is 16.1 Å². The maximum Gasteiger partial charge on any atom is 0.226 e. The first kappa shape index (κ1) is 12.1. The van der Waals surface area contributed by atoms with Gasteiger partial charge in [-0.3, -0.25) is 9.89 Å². The molecule has 0 spiro atoms. The minimum Gasteiger partial charge on any atom is -0.351 e. The third-order valence-electron chi connectivity index (χ3n) is 4.09. The molecule has 0 unspecified atom stereocenters. The van der Waals surface area contributed by atoms with Crippen LogP contribution >= 0.6 is 0 Å². The molecule has 0 saturated heterocycles. The number of rotatable bonds is 4. The van der Waals surface area contributed by atoms with Crippen molar-refractivity contribution in [3.8, 4) is 0 Å². The molecule has 1 saturated carbocycles. The molecule has 17 heavy (non-hydrogen) atoms. The molecule has 1 aromatic heterocycles. The van der Waals surface area contributed by atoms with E-state index < -0.39 is 0 Å². The van der Waals surface area contributed by atoms with Gasteiger partial charge >= 0.3 is 0 Å². The summed E-state index contributed by atoms with van der Waals surface area (Å²) in [4.78, 5) is 12.3. The van der Waals surface area contributed by atoms with E-state index in [0.717, 1.165) is 30.5 Å². The van der Waals surface area contributed by atoms with E-state index in [1.807, 2.05) is 6.92 Å². The van der Waals surface area contributed by atoms with Gasteiger partial charge in [0.25, 0.3) is 0 Å². The highest BCUT2D eigenvalue weighted by Gasteiger charge is 2.38. The molecular weight excluding hydrogens is 214 g/mol. The van der Waals surface area contributed by atoms with Gasteiger partial charge in [0.15, 0.2) is 0 Å². The first-order valence-corrected chi connectivity index (χ1v) is 6.45. The molecule has 1 aliphatic carbocycles. The summed E-state index contributed by atoms with van der Waals surface area (Å²) in [6.45, 7) is 4.68. The minimum absolute atomic E-state index is 0.0996. The van der Waals surface area contributed by atoms with Gasteiger partial charge in [-0.1, -0.05) is 19.8 Å². The number of hydrogen-bond acceptors (Lipinski definition) is 2. The molecule has 0 radical (unpaired) electrons. The Hall–Kier alpha value is -1.32. The lowest BCUT2D eigenvalue weighted by Gasteiger charge is -2.25. The van der Waals surface area contributed by atoms with E-state index >= 15 is 0 Å².